The van der Waals surface area contributed by atoms with Crippen molar-refractivity contribution in [2.24, 2.45) is 0 Å². The first-order valence-electron chi connectivity index (χ1n) is 12.0. The lowest BCUT2D eigenvalue weighted by Crippen LogP contribution is -2.44. The third kappa shape index (κ3) is 6.13. The van der Waals surface area contributed by atoms with E-state index in [1.54, 1.807) is 41.0 Å². The summed E-state index contributed by atoms with van der Waals surface area (Å²) in [4.78, 5) is 16.8. The number of nitrogens with one attached hydrogen (secondary N) is 3. The SMILES string of the molecule is Cc1c(NC(=O)OC[C@H]2COCCN2)cn2ncnc(Nc3ccc(OCc4cccc(F)c4)c(Cl)c3)c12. The highest BCUT2D eigenvalue weighted by Gasteiger charge is 2.18. The van der Waals surface area contributed by atoms with E-state index in [2.05, 4.69) is 26.0 Å². The van der Waals surface area contributed by atoms with E-state index in [1.165, 1.54) is 18.5 Å². The minimum absolute atomic E-state index is 0.0321. The molecule has 0 aliphatic carbocycles. The summed E-state index contributed by atoms with van der Waals surface area (Å²) in [6, 6.07) is 11.4. The maximum Gasteiger partial charge on any atom is 0.411 e. The van der Waals surface area contributed by atoms with Crippen molar-refractivity contribution < 1.29 is 23.4 Å². The first-order chi connectivity index (χ1) is 18.5. The van der Waals surface area contributed by atoms with Gasteiger partial charge in [-0.2, -0.15) is 5.10 Å². The molecule has 3 N–H and O–H groups in total. The van der Waals surface area contributed by atoms with Crippen LogP contribution in [0.25, 0.3) is 5.52 Å². The van der Waals surface area contributed by atoms with Crippen molar-refractivity contribution in [3.63, 3.8) is 0 Å². The van der Waals surface area contributed by atoms with Crippen molar-refractivity contribution in [3.05, 3.63) is 77.0 Å². The molecule has 38 heavy (non-hydrogen) atoms. The van der Waals surface area contributed by atoms with Gasteiger partial charge in [0.25, 0.3) is 0 Å². The predicted octanol–water partition coefficient (Wildman–Crippen LogP) is 4.69. The van der Waals surface area contributed by atoms with Crippen LogP contribution in [0.15, 0.2) is 55.0 Å². The minimum Gasteiger partial charge on any atom is -0.487 e. The molecule has 5 rings (SSSR count). The van der Waals surface area contributed by atoms with Crippen LogP contribution in [-0.2, 0) is 16.1 Å². The molecule has 3 heterocycles. The monoisotopic (exact) mass is 540 g/mol. The summed E-state index contributed by atoms with van der Waals surface area (Å²) >= 11 is 6.44. The molecule has 2 aromatic carbocycles. The van der Waals surface area contributed by atoms with E-state index in [9.17, 15) is 9.18 Å². The van der Waals surface area contributed by atoms with Crippen LogP contribution in [0.4, 0.5) is 26.4 Å². The van der Waals surface area contributed by atoms with Gasteiger partial charge < -0.3 is 24.8 Å². The first kappa shape index (κ1) is 25.7. The second kappa shape index (κ2) is 11.6. The number of amides is 1. The number of nitrogens with zero attached hydrogens (tertiary/aromatic N) is 3. The Balaban J connectivity index is 1.26. The van der Waals surface area contributed by atoms with Crippen molar-refractivity contribution in [2.45, 2.75) is 19.6 Å². The highest BCUT2D eigenvalue weighted by Crippen LogP contribution is 2.32. The van der Waals surface area contributed by atoms with Crippen LogP contribution in [0.1, 0.15) is 11.1 Å². The van der Waals surface area contributed by atoms with Crippen LogP contribution < -0.4 is 20.7 Å². The molecule has 0 unspecified atom stereocenters. The largest absolute Gasteiger partial charge is 0.487 e. The van der Waals surface area contributed by atoms with Gasteiger partial charge in [-0.1, -0.05) is 23.7 Å². The van der Waals surface area contributed by atoms with Crippen molar-refractivity contribution in [3.8, 4) is 5.75 Å². The Labute approximate surface area is 223 Å². The Bertz CT molecular complexity index is 1440. The maximum atomic E-state index is 13.4. The Hall–Kier alpha value is -3.93. The zero-order valence-electron chi connectivity index (χ0n) is 20.5. The number of benzene rings is 2. The summed E-state index contributed by atoms with van der Waals surface area (Å²) in [6.45, 7) is 4.11. The smallest absolute Gasteiger partial charge is 0.411 e. The van der Waals surface area contributed by atoms with Gasteiger partial charge in [-0.15, -0.1) is 0 Å². The molecule has 1 fully saturated rings. The molecule has 0 bridgehead atoms. The third-order valence-corrected chi connectivity index (χ3v) is 6.25. The average Bonchev–Trinajstić information content (AvgIpc) is 3.23. The summed E-state index contributed by atoms with van der Waals surface area (Å²) in [5.74, 6) is 0.663. The normalized spacial score (nSPS) is 15.3. The van der Waals surface area contributed by atoms with E-state index in [4.69, 9.17) is 25.8 Å². The highest BCUT2D eigenvalue weighted by atomic mass is 35.5. The van der Waals surface area contributed by atoms with Gasteiger partial charge in [-0.25, -0.2) is 18.7 Å². The van der Waals surface area contributed by atoms with Gasteiger partial charge in [0.15, 0.2) is 5.82 Å². The number of hydrogen-bond acceptors (Lipinski definition) is 8. The highest BCUT2D eigenvalue weighted by molar-refractivity contribution is 6.32. The summed E-state index contributed by atoms with van der Waals surface area (Å²) in [5.41, 5.74) is 3.34. The number of ether oxygens (including phenoxy) is 3. The Kier molecular flexibility index (Phi) is 7.87. The number of carbonyl (C=O) groups is 1. The lowest BCUT2D eigenvalue weighted by Gasteiger charge is -2.23. The fourth-order valence-corrected chi connectivity index (χ4v) is 4.28. The zero-order chi connectivity index (χ0) is 26.5. The van der Waals surface area contributed by atoms with Crippen LogP contribution in [0.5, 0.6) is 5.75 Å². The van der Waals surface area contributed by atoms with Gasteiger partial charge in [0.05, 0.1) is 36.2 Å². The molecule has 12 heteroatoms. The molecule has 2 aromatic heterocycles. The summed E-state index contributed by atoms with van der Waals surface area (Å²) in [5, 5.41) is 13.9. The van der Waals surface area contributed by atoms with Crippen LogP contribution >= 0.6 is 11.6 Å². The van der Waals surface area contributed by atoms with Gasteiger partial charge in [-0.05, 0) is 42.8 Å². The molecule has 1 aliphatic heterocycles. The standard InChI is InChI=1S/C26H26ClFN6O4/c1-16-22(33-26(35)38-14-20-13-36-8-7-29-20)11-34-24(16)25(30-15-31-34)32-19-5-6-23(21(27)10-19)37-12-17-3-2-4-18(28)9-17/h2-6,9-11,15,20,29H,7-8,12-14H2,1H3,(H,33,35)(H,30,31,32)/t20-/m1/s1. The Morgan fingerprint density at radius 2 is 2.21 bits per heavy atom. The number of carbonyl (C=O) groups excluding carboxylic acids is 1. The van der Waals surface area contributed by atoms with Gasteiger partial charge in [0.2, 0.25) is 0 Å². The fourth-order valence-electron chi connectivity index (χ4n) is 4.05. The van der Waals surface area contributed by atoms with Crippen LogP contribution in [-0.4, -0.2) is 53.1 Å². The topological polar surface area (TPSA) is 111 Å². The number of aryl methyl sites for hydroxylation is 1. The van der Waals surface area contributed by atoms with Gasteiger partial charge >= 0.3 is 6.09 Å². The summed E-state index contributed by atoms with van der Waals surface area (Å²) in [6.07, 6.45) is 2.53. The van der Waals surface area contributed by atoms with E-state index < -0.39 is 6.09 Å². The number of morpholine rings is 1. The number of hydrogen-bond donors (Lipinski definition) is 3. The summed E-state index contributed by atoms with van der Waals surface area (Å²) in [7, 11) is 0. The number of aromatic nitrogens is 3. The number of rotatable bonds is 8. The van der Waals surface area contributed by atoms with E-state index >= 15 is 0 Å². The van der Waals surface area contributed by atoms with E-state index in [-0.39, 0.29) is 25.1 Å². The molecule has 4 aromatic rings. The zero-order valence-corrected chi connectivity index (χ0v) is 21.3. The summed E-state index contributed by atoms with van der Waals surface area (Å²) < 4.78 is 31.5. The molecular weight excluding hydrogens is 515 g/mol. The maximum absolute atomic E-state index is 13.4. The molecule has 1 amide bonds. The molecule has 10 nitrogen and oxygen atoms in total. The van der Waals surface area contributed by atoms with E-state index in [0.717, 1.165) is 12.1 Å². The van der Waals surface area contributed by atoms with Crippen LogP contribution in [0, 0.1) is 12.7 Å². The van der Waals surface area contributed by atoms with Crippen LogP contribution in [0.2, 0.25) is 5.02 Å². The van der Waals surface area contributed by atoms with Gasteiger partial charge in [0.1, 0.15) is 36.6 Å². The second-order valence-electron chi connectivity index (χ2n) is 8.71. The van der Waals surface area contributed by atoms with Crippen molar-refractivity contribution >= 4 is 40.4 Å². The third-order valence-electron chi connectivity index (χ3n) is 5.96. The number of anilines is 3. The molecule has 1 atom stereocenters. The number of halogens is 2. The number of fused-ring (bicyclic) bond motifs is 1. The Morgan fingerprint density at radius 1 is 1.32 bits per heavy atom. The van der Waals surface area contributed by atoms with Crippen molar-refractivity contribution in [1.82, 2.24) is 19.9 Å². The molecule has 198 valence electrons. The van der Waals surface area contributed by atoms with E-state index in [1.807, 2.05) is 6.92 Å². The molecule has 1 aliphatic rings. The molecule has 0 saturated carbocycles. The van der Waals surface area contributed by atoms with E-state index in [0.29, 0.717) is 52.3 Å². The Morgan fingerprint density at radius 3 is 3.00 bits per heavy atom. The fraction of sp³-hybridized carbons (Fsp3) is 0.269. The molecular formula is C26H26ClFN6O4. The molecule has 0 spiro atoms. The molecule has 1 saturated heterocycles. The van der Waals surface area contributed by atoms with Crippen LogP contribution in [0.3, 0.4) is 0 Å². The lowest BCUT2D eigenvalue weighted by atomic mass is 10.2. The first-order valence-corrected chi connectivity index (χ1v) is 12.4. The minimum atomic E-state index is -0.570. The second-order valence-corrected chi connectivity index (χ2v) is 9.12. The van der Waals surface area contributed by atoms with Gasteiger partial charge in [-0.3, -0.25) is 5.32 Å². The van der Waals surface area contributed by atoms with Gasteiger partial charge in [0, 0.05) is 17.8 Å². The predicted molar refractivity (Wildman–Crippen MR) is 141 cm³/mol. The molecule has 0 radical (unpaired) electrons. The van der Waals surface area contributed by atoms with Crippen molar-refractivity contribution in [2.75, 3.05) is 37.0 Å². The van der Waals surface area contributed by atoms with Crippen molar-refractivity contribution in [1.29, 1.82) is 0 Å². The average molecular weight is 541 g/mol. The quantitative estimate of drug-likeness (QED) is 0.295. The lowest BCUT2D eigenvalue weighted by molar-refractivity contribution is 0.0494.